The molecule has 0 amide bonds. The Hall–Kier alpha value is -0.900. The molecule has 1 aromatic heterocycles. The van der Waals surface area contributed by atoms with E-state index in [1.54, 1.807) is 0 Å². The van der Waals surface area contributed by atoms with Gasteiger partial charge in [-0.05, 0) is 13.5 Å². The highest BCUT2D eigenvalue weighted by atomic mass is 16.5. The van der Waals surface area contributed by atoms with Gasteiger partial charge in [0.05, 0.1) is 6.54 Å². The smallest absolute Gasteiger partial charge is 0.226 e. The maximum atomic E-state index is 5.06. The second kappa shape index (κ2) is 5.70. The number of aryl methyl sites for hydroxylation is 1. The van der Waals surface area contributed by atoms with E-state index in [2.05, 4.69) is 22.4 Å². The van der Waals surface area contributed by atoms with Crippen LogP contribution in [-0.4, -0.2) is 17.2 Å². The van der Waals surface area contributed by atoms with Gasteiger partial charge in [-0.1, -0.05) is 24.9 Å². The maximum Gasteiger partial charge on any atom is 0.226 e. The summed E-state index contributed by atoms with van der Waals surface area (Å²) < 4.78 is 5.06. The Kier molecular flexibility index (Phi) is 4.46. The molecule has 0 fully saturated rings. The molecule has 4 nitrogen and oxygen atoms in total. The van der Waals surface area contributed by atoms with Crippen LogP contribution in [0.5, 0.6) is 0 Å². The molecule has 0 saturated carbocycles. The standard InChI is InChI=1S/C9H17N3O/c1-3-4-5-6-9-11-8(7-10-2)12-13-9/h10H,3-7H2,1-2H3. The lowest BCUT2D eigenvalue weighted by Gasteiger charge is -1.91. The largest absolute Gasteiger partial charge is 0.339 e. The first kappa shape index (κ1) is 10.2. The van der Waals surface area contributed by atoms with Crippen molar-refractivity contribution in [3.63, 3.8) is 0 Å². The third-order valence-corrected chi connectivity index (χ3v) is 1.84. The van der Waals surface area contributed by atoms with Crippen molar-refractivity contribution in [2.75, 3.05) is 7.05 Å². The molecule has 0 atom stereocenters. The normalized spacial score (nSPS) is 10.6. The zero-order valence-corrected chi connectivity index (χ0v) is 8.34. The zero-order valence-electron chi connectivity index (χ0n) is 8.34. The van der Waals surface area contributed by atoms with E-state index in [0.29, 0.717) is 6.54 Å². The minimum Gasteiger partial charge on any atom is -0.339 e. The minimum atomic E-state index is 0.678. The second-order valence-electron chi connectivity index (χ2n) is 3.09. The van der Waals surface area contributed by atoms with E-state index in [9.17, 15) is 0 Å². The lowest BCUT2D eigenvalue weighted by molar-refractivity contribution is 0.368. The lowest BCUT2D eigenvalue weighted by Crippen LogP contribution is -2.06. The molecular weight excluding hydrogens is 166 g/mol. The molecule has 0 aromatic carbocycles. The van der Waals surface area contributed by atoms with Crippen LogP contribution in [0.1, 0.15) is 37.9 Å². The Balaban J connectivity index is 2.31. The van der Waals surface area contributed by atoms with Crippen LogP contribution in [0.15, 0.2) is 4.52 Å². The Morgan fingerprint density at radius 2 is 2.23 bits per heavy atom. The molecule has 0 aliphatic heterocycles. The summed E-state index contributed by atoms with van der Waals surface area (Å²) in [4.78, 5) is 4.23. The minimum absolute atomic E-state index is 0.678. The first-order valence-electron chi connectivity index (χ1n) is 4.83. The van der Waals surface area contributed by atoms with Crippen LogP contribution in [0, 0.1) is 0 Å². The maximum absolute atomic E-state index is 5.06. The average Bonchev–Trinajstić information content (AvgIpc) is 2.54. The lowest BCUT2D eigenvalue weighted by atomic mass is 10.2. The van der Waals surface area contributed by atoms with E-state index in [-0.39, 0.29) is 0 Å². The van der Waals surface area contributed by atoms with Crippen LogP contribution in [0.4, 0.5) is 0 Å². The highest BCUT2D eigenvalue weighted by Crippen LogP contribution is 2.04. The van der Waals surface area contributed by atoms with Gasteiger partial charge in [0.15, 0.2) is 5.82 Å². The molecule has 74 valence electrons. The Morgan fingerprint density at radius 1 is 1.38 bits per heavy atom. The number of hydrogen-bond donors (Lipinski definition) is 1. The Labute approximate surface area is 78.7 Å². The van der Waals surface area contributed by atoms with E-state index in [1.165, 1.54) is 12.8 Å². The van der Waals surface area contributed by atoms with Crippen molar-refractivity contribution in [3.8, 4) is 0 Å². The monoisotopic (exact) mass is 183 g/mol. The van der Waals surface area contributed by atoms with Crippen molar-refractivity contribution in [3.05, 3.63) is 11.7 Å². The van der Waals surface area contributed by atoms with Gasteiger partial charge in [-0.25, -0.2) is 0 Å². The van der Waals surface area contributed by atoms with Crippen molar-refractivity contribution in [2.24, 2.45) is 0 Å². The number of aromatic nitrogens is 2. The molecule has 0 spiro atoms. The van der Waals surface area contributed by atoms with Crippen molar-refractivity contribution < 1.29 is 4.52 Å². The van der Waals surface area contributed by atoms with E-state index in [4.69, 9.17) is 4.52 Å². The Morgan fingerprint density at radius 3 is 2.92 bits per heavy atom. The van der Waals surface area contributed by atoms with Crippen LogP contribution in [0.2, 0.25) is 0 Å². The van der Waals surface area contributed by atoms with Crippen LogP contribution >= 0.6 is 0 Å². The SMILES string of the molecule is CCCCCc1nc(CNC)no1. The summed E-state index contributed by atoms with van der Waals surface area (Å²) in [5.74, 6) is 1.51. The second-order valence-corrected chi connectivity index (χ2v) is 3.09. The number of nitrogens with one attached hydrogen (secondary N) is 1. The molecule has 0 unspecified atom stereocenters. The molecule has 1 N–H and O–H groups in total. The third-order valence-electron chi connectivity index (χ3n) is 1.84. The van der Waals surface area contributed by atoms with E-state index >= 15 is 0 Å². The van der Waals surface area contributed by atoms with Gasteiger partial charge >= 0.3 is 0 Å². The number of unbranched alkanes of at least 4 members (excludes halogenated alkanes) is 2. The van der Waals surface area contributed by atoms with Gasteiger partial charge in [0.25, 0.3) is 0 Å². The van der Waals surface area contributed by atoms with Gasteiger partial charge in [0, 0.05) is 6.42 Å². The summed E-state index contributed by atoms with van der Waals surface area (Å²) in [5, 5.41) is 6.82. The fourth-order valence-corrected chi connectivity index (χ4v) is 1.15. The molecule has 13 heavy (non-hydrogen) atoms. The summed E-state index contributed by atoms with van der Waals surface area (Å²) in [6, 6.07) is 0. The summed E-state index contributed by atoms with van der Waals surface area (Å²) in [7, 11) is 1.87. The van der Waals surface area contributed by atoms with Gasteiger partial charge in [-0.3, -0.25) is 0 Å². The molecule has 0 radical (unpaired) electrons. The van der Waals surface area contributed by atoms with Crippen molar-refractivity contribution >= 4 is 0 Å². The summed E-state index contributed by atoms with van der Waals surface area (Å²) in [6.07, 6.45) is 4.49. The van der Waals surface area contributed by atoms with Crippen LogP contribution in [0.3, 0.4) is 0 Å². The number of nitrogens with zero attached hydrogens (tertiary/aromatic N) is 2. The highest BCUT2D eigenvalue weighted by molar-refractivity contribution is 4.85. The zero-order chi connectivity index (χ0) is 9.52. The fourth-order valence-electron chi connectivity index (χ4n) is 1.15. The molecule has 1 rings (SSSR count). The van der Waals surface area contributed by atoms with Gasteiger partial charge < -0.3 is 9.84 Å². The van der Waals surface area contributed by atoms with Crippen LogP contribution in [0.25, 0.3) is 0 Å². The predicted molar refractivity (Wildman–Crippen MR) is 50.3 cm³/mol. The highest BCUT2D eigenvalue weighted by Gasteiger charge is 2.03. The van der Waals surface area contributed by atoms with Gasteiger partial charge in [0.2, 0.25) is 5.89 Å². The van der Waals surface area contributed by atoms with Crippen molar-refractivity contribution in [2.45, 2.75) is 39.2 Å². The van der Waals surface area contributed by atoms with Crippen molar-refractivity contribution in [1.82, 2.24) is 15.5 Å². The first-order valence-corrected chi connectivity index (χ1v) is 4.83. The molecule has 0 saturated heterocycles. The molecule has 1 heterocycles. The molecule has 4 heteroatoms. The van der Waals surface area contributed by atoms with Crippen molar-refractivity contribution in [1.29, 1.82) is 0 Å². The van der Waals surface area contributed by atoms with Gasteiger partial charge in [0.1, 0.15) is 0 Å². The predicted octanol–water partition coefficient (Wildman–Crippen LogP) is 1.52. The van der Waals surface area contributed by atoms with Gasteiger partial charge in [-0.2, -0.15) is 4.98 Å². The molecule has 0 bridgehead atoms. The third kappa shape index (κ3) is 3.55. The van der Waals surface area contributed by atoms with E-state index < -0.39 is 0 Å². The number of hydrogen-bond acceptors (Lipinski definition) is 4. The summed E-state index contributed by atoms with van der Waals surface area (Å²) in [6.45, 7) is 2.86. The molecule has 0 aliphatic rings. The van der Waals surface area contributed by atoms with E-state index in [1.807, 2.05) is 7.05 Å². The van der Waals surface area contributed by atoms with Crippen LogP contribution in [-0.2, 0) is 13.0 Å². The molecule has 1 aromatic rings. The summed E-state index contributed by atoms with van der Waals surface area (Å²) in [5.41, 5.74) is 0. The molecular formula is C9H17N3O. The summed E-state index contributed by atoms with van der Waals surface area (Å²) >= 11 is 0. The van der Waals surface area contributed by atoms with Crippen LogP contribution < -0.4 is 5.32 Å². The van der Waals surface area contributed by atoms with Gasteiger partial charge in [-0.15, -0.1) is 0 Å². The fraction of sp³-hybridized carbons (Fsp3) is 0.778. The Bertz CT molecular complexity index is 235. The first-order chi connectivity index (χ1) is 6.36. The average molecular weight is 183 g/mol. The van der Waals surface area contributed by atoms with E-state index in [0.717, 1.165) is 24.6 Å². The topological polar surface area (TPSA) is 51.0 Å². The quantitative estimate of drug-likeness (QED) is 0.679. The molecule has 0 aliphatic carbocycles. The number of rotatable bonds is 6.